The molecule has 0 aliphatic rings. The normalized spacial score (nSPS) is 11.2. The average Bonchev–Trinajstić information content (AvgIpc) is 2.17. The van der Waals surface area contributed by atoms with Gasteiger partial charge in [-0.1, -0.05) is 18.5 Å². The largest absolute Gasteiger partial charge is 0.309 e. The molecule has 0 fully saturated rings. The van der Waals surface area contributed by atoms with Crippen molar-refractivity contribution in [2.24, 2.45) is 0 Å². The second kappa shape index (κ2) is 5.27. The SMILES string of the molecule is CCNC(C)(C)C(=O)Nc1cc(Cl)ccn1. The Bertz CT molecular complexity index is 379. The molecule has 16 heavy (non-hydrogen) atoms. The number of pyridine rings is 1. The summed E-state index contributed by atoms with van der Waals surface area (Å²) in [7, 11) is 0. The fraction of sp³-hybridized carbons (Fsp3) is 0.455. The van der Waals surface area contributed by atoms with Crippen molar-refractivity contribution in [1.82, 2.24) is 10.3 Å². The lowest BCUT2D eigenvalue weighted by Gasteiger charge is -2.24. The lowest BCUT2D eigenvalue weighted by atomic mass is 10.0. The zero-order chi connectivity index (χ0) is 12.2. The topological polar surface area (TPSA) is 54.0 Å². The molecule has 5 heteroatoms. The number of carbonyl (C=O) groups excluding carboxylic acids is 1. The maximum atomic E-state index is 11.9. The van der Waals surface area contributed by atoms with Crippen LogP contribution in [0.2, 0.25) is 5.02 Å². The molecule has 1 heterocycles. The highest BCUT2D eigenvalue weighted by Crippen LogP contribution is 2.13. The number of aromatic nitrogens is 1. The standard InChI is InChI=1S/C11H16ClN3O/c1-4-14-11(2,3)10(16)15-9-7-8(12)5-6-13-9/h5-7,14H,4H2,1-3H3,(H,13,15,16). The number of anilines is 1. The van der Waals surface area contributed by atoms with Gasteiger partial charge in [0.1, 0.15) is 5.82 Å². The van der Waals surface area contributed by atoms with E-state index in [0.717, 1.165) is 6.54 Å². The van der Waals surface area contributed by atoms with Gasteiger partial charge in [0.15, 0.2) is 0 Å². The van der Waals surface area contributed by atoms with E-state index in [9.17, 15) is 4.79 Å². The number of rotatable bonds is 4. The number of hydrogen-bond donors (Lipinski definition) is 2. The molecule has 1 aromatic rings. The van der Waals surface area contributed by atoms with Gasteiger partial charge in [0, 0.05) is 11.2 Å². The van der Waals surface area contributed by atoms with Crippen LogP contribution in [0, 0.1) is 0 Å². The zero-order valence-corrected chi connectivity index (χ0v) is 10.4. The third-order valence-corrected chi connectivity index (χ3v) is 2.39. The second-order valence-corrected chi connectivity index (χ2v) is 4.41. The smallest absolute Gasteiger partial charge is 0.245 e. The summed E-state index contributed by atoms with van der Waals surface area (Å²) >= 11 is 5.80. The molecule has 0 bridgehead atoms. The Morgan fingerprint density at radius 1 is 1.56 bits per heavy atom. The van der Waals surface area contributed by atoms with Crippen molar-refractivity contribution in [1.29, 1.82) is 0 Å². The zero-order valence-electron chi connectivity index (χ0n) is 9.67. The molecule has 0 spiro atoms. The van der Waals surface area contributed by atoms with Crippen molar-refractivity contribution >= 4 is 23.3 Å². The van der Waals surface area contributed by atoms with Gasteiger partial charge in [-0.05, 0) is 32.5 Å². The summed E-state index contributed by atoms with van der Waals surface area (Å²) in [6.07, 6.45) is 1.55. The number of halogens is 1. The van der Waals surface area contributed by atoms with Gasteiger partial charge >= 0.3 is 0 Å². The van der Waals surface area contributed by atoms with Crippen LogP contribution in [-0.4, -0.2) is 23.0 Å². The highest BCUT2D eigenvalue weighted by atomic mass is 35.5. The van der Waals surface area contributed by atoms with Gasteiger partial charge in [0.25, 0.3) is 0 Å². The van der Waals surface area contributed by atoms with Crippen LogP contribution in [0.25, 0.3) is 0 Å². The predicted molar refractivity (Wildman–Crippen MR) is 65.6 cm³/mol. The van der Waals surface area contributed by atoms with E-state index < -0.39 is 5.54 Å². The monoisotopic (exact) mass is 241 g/mol. The first-order valence-electron chi connectivity index (χ1n) is 5.13. The highest BCUT2D eigenvalue weighted by molar-refractivity contribution is 6.30. The molecule has 2 N–H and O–H groups in total. The van der Waals surface area contributed by atoms with Gasteiger partial charge in [0.2, 0.25) is 5.91 Å². The van der Waals surface area contributed by atoms with E-state index >= 15 is 0 Å². The number of amides is 1. The maximum absolute atomic E-state index is 11.9. The molecular formula is C11H16ClN3O. The number of likely N-dealkylation sites (N-methyl/N-ethyl adjacent to an activating group) is 1. The van der Waals surface area contributed by atoms with Gasteiger partial charge in [-0.3, -0.25) is 4.79 Å². The molecular weight excluding hydrogens is 226 g/mol. The molecule has 0 unspecified atom stereocenters. The van der Waals surface area contributed by atoms with Crippen LogP contribution in [0.3, 0.4) is 0 Å². The van der Waals surface area contributed by atoms with Crippen LogP contribution in [-0.2, 0) is 4.79 Å². The van der Waals surface area contributed by atoms with Crippen LogP contribution in [0.4, 0.5) is 5.82 Å². The van der Waals surface area contributed by atoms with Crippen molar-refractivity contribution in [3.8, 4) is 0 Å². The fourth-order valence-corrected chi connectivity index (χ4v) is 1.43. The Morgan fingerprint density at radius 3 is 2.81 bits per heavy atom. The minimum Gasteiger partial charge on any atom is -0.309 e. The molecule has 0 aromatic carbocycles. The Balaban J connectivity index is 2.71. The van der Waals surface area contributed by atoms with E-state index in [1.54, 1.807) is 18.3 Å². The van der Waals surface area contributed by atoms with Crippen molar-refractivity contribution in [3.05, 3.63) is 23.4 Å². The van der Waals surface area contributed by atoms with Crippen LogP contribution < -0.4 is 10.6 Å². The number of nitrogens with one attached hydrogen (secondary N) is 2. The predicted octanol–water partition coefficient (Wildman–Crippen LogP) is 2.06. The maximum Gasteiger partial charge on any atom is 0.245 e. The second-order valence-electron chi connectivity index (χ2n) is 3.97. The third kappa shape index (κ3) is 3.47. The van der Waals surface area contributed by atoms with E-state index in [-0.39, 0.29) is 5.91 Å². The van der Waals surface area contributed by atoms with E-state index in [0.29, 0.717) is 10.8 Å². The molecule has 0 radical (unpaired) electrons. The van der Waals surface area contributed by atoms with E-state index in [4.69, 9.17) is 11.6 Å². The van der Waals surface area contributed by atoms with Crippen LogP contribution >= 0.6 is 11.6 Å². The summed E-state index contributed by atoms with van der Waals surface area (Å²) in [5.41, 5.74) is -0.626. The third-order valence-electron chi connectivity index (χ3n) is 2.15. The van der Waals surface area contributed by atoms with Gasteiger partial charge < -0.3 is 10.6 Å². The Labute approximate surface area is 100 Å². The van der Waals surface area contributed by atoms with Gasteiger partial charge in [0.05, 0.1) is 5.54 Å². The lowest BCUT2D eigenvalue weighted by molar-refractivity contribution is -0.121. The summed E-state index contributed by atoms with van der Waals surface area (Å²) in [5, 5.41) is 6.34. The minimum atomic E-state index is -0.626. The lowest BCUT2D eigenvalue weighted by Crippen LogP contribution is -2.49. The fourth-order valence-electron chi connectivity index (χ4n) is 1.27. The highest BCUT2D eigenvalue weighted by Gasteiger charge is 2.26. The Morgan fingerprint density at radius 2 is 2.25 bits per heavy atom. The minimum absolute atomic E-state index is 0.135. The summed E-state index contributed by atoms with van der Waals surface area (Å²) in [6, 6.07) is 3.27. The average molecular weight is 242 g/mol. The van der Waals surface area contributed by atoms with Crippen LogP contribution in [0.5, 0.6) is 0 Å². The molecule has 0 aliphatic carbocycles. The number of carbonyl (C=O) groups is 1. The van der Waals surface area contributed by atoms with Crippen LogP contribution in [0.15, 0.2) is 18.3 Å². The number of nitrogens with zero attached hydrogens (tertiary/aromatic N) is 1. The summed E-state index contributed by atoms with van der Waals surface area (Å²) in [5.74, 6) is 0.326. The first kappa shape index (κ1) is 12.9. The van der Waals surface area contributed by atoms with Crippen molar-refractivity contribution < 1.29 is 4.79 Å². The molecule has 0 saturated carbocycles. The van der Waals surface area contributed by atoms with Crippen molar-refractivity contribution in [2.75, 3.05) is 11.9 Å². The molecule has 88 valence electrons. The van der Waals surface area contributed by atoms with Crippen LogP contribution in [0.1, 0.15) is 20.8 Å². The first-order valence-corrected chi connectivity index (χ1v) is 5.51. The van der Waals surface area contributed by atoms with E-state index in [1.165, 1.54) is 0 Å². The Hall–Kier alpha value is -1.13. The van der Waals surface area contributed by atoms with Gasteiger partial charge in [-0.15, -0.1) is 0 Å². The first-order chi connectivity index (χ1) is 7.45. The molecule has 1 amide bonds. The van der Waals surface area contributed by atoms with Crippen molar-refractivity contribution in [2.45, 2.75) is 26.3 Å². The van der Waals surface area contributed by atoms with Crippen molar-refractivity contribution in [3.63, 3.8) is 0 Å². The molecule has 1 rings (SSSR count). The van der Waals surface area contributed by atoms with E-state index in [2.05, 4.69) is 15.6 Å². The number of hydrogen-bond acceptors (Lipinski definition) is 3. The summed E-state index contributed by atoms with van der Waals surface area (Å²) in [6.45, 7) is 6.31. The van der Waals surface area contributed by atoms with Gasteiger partial charge in [-0.2, -0.15) is 0 Å². The van der Waals surface area contributed by atoms with E-state index in [1.807, 2.05) is 20.8 Å². The molecule has 4 nitrogen and oxygen atoms in total. The van der Waals surface area contributed by atoms with Gasteiger partial charge in [-0.25, -0.2) is 4.98 Å². The molecule has 0 atom stereocenters. The Kier molecular flexibility index (Phi) is 4.26. The molecule has 0 saturated heterocycles. The molecule has 1 aromatic heterocycles. The summed E-state index contributed by atoms with van der Waals surface area (Å²) in [4.78, 5) is 15.9. The summed E-state index contributed by atoms with van der Waals surface area (Å²) < 4.78 is 0. The molecule has 0 aliphatic heterocycles. The quantitative estimate of drug-likeness (QED) is 0.849.